The summed E-state index contributed by atoms with van der Waals surface area (Å²) in [6.45, 7) is 3.86. The van der Waals surface area contributed by atoms with Gasteiger partial charge in [-0.15, -0.1) is 12.4 Å². The summed E-state index contributed by atoms with van der Waals surface area (Å²) in [5.41, 5.74) is 5.76. The van der Waals surface area contributed by atoms with Crippen LogP contribution in [0.3, 0.4) is 0 Å². The third-order valence-electron chi connectivity index (χ3n) is 2.79. The molecule has 0 saturated heterocycles. The van der Waals surface area contributed by atoms with Crippen molar-refractivity contribution in [2.75, 3.05) is 5.32 Å². The highest BCUT2D eigenvalue weighted by Crippen LogP contribution is 2.34. The van der Waals surface area contributed by atoms with Gasteiger partial charge in [0.15, 0.2) is 0 Å². The van der Waals surface area contributed by atoms with Crippen LogP contribution in [0.5, 0.6) is 5.75 Å². The van der Waals surface area contributed by atoms with Crippen LogP contribution in [0.15, 0.2) is 18.2 Å². The van der Waals surface area contributed by atoms with Crippen molar-refractivity contribution in [3.8, 4) is 5.75 Å². The lowest BCUT2D eigenvalue weighted by Crippen LogP contribution is -2.37. The van der Waals surface area contributed by atoms with Gasteiger partial charge in [-0.2, -0.15) is 0 Å². The van der Waals surface area contributed by atoms with Gasteiger partial charge in [-0.3, -0.25) is 4.79 Å². The average Bonchev–Trinajstić information content (AvgIpc) is 3.01. The molecule has 0 aliphatic heterocycles. The molecule has 1 aliphatic rings. The summed E-state index contributed by atoms with van der Waals surface area (Å²) in [7, 11) is 0. The Morgan fingerprint density at radius 3 is 2.58 bits per heavy atom. The predicted molar refractivity (Wildman–Crippen MR) is 79.2 cm³/mol. The minimum absolute atomic E-state index is 0. The van der Waals surface area contributed by atoms with Gasteiger partial charge in [0, 0.05) is 5.69 Å². The first kappa shape index (κ1) is 16.1. The van der Waals surface area contributed by atoms with E-state index in [1.54, 1.807) is 18.2 Å². The first-order valence-electron chi connectivity index (χ1n) is 5.97. The molecule has 3 N–H and O–H groups in total. The van der Waals surface area contributed by atoms with Crippen molar-refractivity contribution in [3.05, 3.63) is 23.2 Å². The molecule has 19 heavy (non-hydrogen) atoms. The summed E-state index contributed by atoms with van der Waals surface area (Å²) in [5, 5.41) is 3.24. The second-order valence-corrected chi connectivity index (χ2v) is 5.33. The highest BCUT2D eigenvalue weighted by atomic mass is 35.5. The SMILES string of the molecule is CC(C)Oc1ccc(NC(=O)C2(N)CC2)cc1Cl.Cl. The van der Waals surface area contributed by atoms with E-state index in [0.717, 1.165) is 12.8 Å². The maximum atomic E-state index is 11.8. The molecule has 106 valence electrons. The van der Waals surface area contributed by atoms with E-state index < -0.39 is 5.54 Å². The number of ether oxygens (including phenoxy) is 1. The Morgan fingerprint density at radius 1 is 1.47 bits per heavy atom. The fraction of sp³-hybridized carbons (Fsp3) is 0.462. The van der Waals surface area contributed by atoms with Crippen molar-refractivity contribution in [3.63, 3.8) is 0 Å². The molecular weight excluding hydrogens is 287 g/mol. The number of halogens is 2. The molecule has 2 rings (SSSR count). The van der Waals surface area contributed by atoms with E-state index in [9.17, 15) is 4.79 Å². The minimum atomic E-state index is -0.681. The van der Waals surface area contributed by atoms with Gasteiger partial charge < -0.3 is 15.8 Å². The molecule has 1 aromatic rings. The molecule has 1 amide bonds. The fourth-order valence-electron chi connectivity index (χ4n) is 1.55. The number of nitrogens with one attached hydrogen (secondary N) is 1. The van der Waals surface area contributed by atoms with Gasteiger partial charge >= 0.3 is 0 Å². The molecule has 0 atom stereocenters. The maximum absolute atomic E-state index is 11.8. The standard InChI is InChI=1S/C13H17ClN2O2.ClH/c1-8(2)18-11-4-3-9(7-10(11)14)16-12(17)13(15)5-6-13;/h3-4,7-8H,5-6,15H2,1-2H3,(H,16,17);1H. The molecule has 1 fully saturated rings. The monoisotopic (exact) mass is 304 g/mol. The third-order valence-corrected chi connectivity index (χ3v) is 3.09. The van der Waals surface area contributed by atoms with Gasteiger partial charge in [0.25, 0.3) is 0 Å². The van der Waals surface area contributed by atoms with E-state index in [1.807, 2.05) is 13.8 Å². The summed E-state index contributed by atoms with van der Waals surface area (Å²) in [4.78, 5) is 11.8. The van der Waals surface area contributed by atoms with Crippen molar-refractivity contribution >= 4 is 35.6 Å². The Balaban J connectivity index is 0.00000180. The molecule has 0 bridgehead atoms. The van der Waals surface area contributed by atoms with E-state index in [2.05, 4.69) is 5.32 Å². The molecule has 0 heterocycles. The highest BCUT2D eigenvalue weighted by Gasteiger charge is 2.45. The lowest BCUT2D eigenvalue weighted by molar-refractivity contribution is -0.118. The molecule has 0 aromatic heterocycles. The average molecular weight is 305 g/mol. The van der Waals surface area contributed by atoms with Crippen LogP contribution >= 0.6 is 24.0 Å². The first-order valence-corrected chi connectivity index (χ1v) is 6.35. The Labute approximate surface area is 124 Å². The molecule has 0 radical (unpaired) electrons. The Bertz CT molecular complexity index is 474. The van der Waals surface area contributed by atoms with Gasteiger partial charge in [-0.1, -0.05) is 11.6 Å². The van der Waals surface area contributed by atoms with Crippen LogP contribution < -0.4 is 15.8 Å². The number of amides is 1. The predicted octanol–water partition coefficient (Wildman–Crippen LogP) is 2.98. The quantitative estimate of drug-likeness (QED) is 0.899. The number of carbonyl (C=O) groups is 1. The second kappa shape index (κ2) is 5.99. The smallest absolute Gasteiger partial charge is 0.244 e. The molecule has 1 aromatic carbocycles. The number of rotatable bonds is 4. The number of nitrogens with two attached hydrogens (primary N) is 1. The number of anilines is 1. The van der Waals surface area contributed by atoms with Crippen LogP contribution in [0.2, 0.25) is 5.02 Å². The Hall–Kier alpha value is -0.970. The van der Waals surface area contributed by atoms with Gasteiger partial charge in [-0.25, -0.2) is 0 Å². The summed E-state index contributed by atoms with van der Waals surface area (Å²) in [5.74, 6) is 0.453. The second-order valence-electron chi connectivity index (χ2n) is 4.92. The van der Waals surface area contributed by atoms with E-state index in [1.165, 1.54) is 0 Å². The van der Waals surface area contributed by atoms with E-state index in [4.69, 9.17) is 22.1 Å². The van der Waals surface area contributed by atoms with Crippen molar-refractivity contribution in [2.45, 2.75) is 38.3 Å². The van der Waals surface area contributed by atoms with Crippen LogP contribution in [-0.2, 0) is 4.79 Å². The molecule has 6 heteroatoms. The molecule has 1 aliphatic carbocycles. The van der Waals surface area contributed by atoms with Crippen molar-refractivity contribution in [1.82, 2.24) is 0 Å². The maximum Gasteiger partial charge on any atom is 0.244 e. The van der Waals surface area contributed by atoms with E-state index in [0.29, 0.717) is 16.5 Å². The van der Waals surface area contributed by atoms with Crippen molar-refractivity contribution in [2.24, 2.45) is 5.73 Å². The number of hydrogen-bond acceptors (Lipinski definition) is 3. The molecular formula is C13H18Cl2N2O2. The molecule has 1 saturated carbocycles. The third kappa shape index (κ3) is 4.00. The van der Waals surface area contributed by atoms with Gasteiger partial charge in [0.1, 0.15) is 5.75 Å². The van der Waals surface area contributed by atoms with Crippen LogP contribution in [0.25, 0.3) is 0 Å². The van der Waals surface area contributed by atoms with Crippen LogP contribution in [0, 0.1) is 0 Å². The topological polar surface area (TPSA) is 64.3 Å². The molecule has 0 unspecified atom stereocenters. The van der Waals surface area contributed by atoms with E-state index >= 15 is 0 Å². The lowest BCUT2D eigenvalue weighted by Gasteiger charge is -2.14. The van der Waals surface area contributed by atoms with Gasteiger partial charge in [-0.05, 0) is 44.9 Å². The summed E-state index contributed by atoms with van der Waals surface area (Å²) in [6, 6.07) is 5.17. The zero-order valence-electron chi connectivity index (χ0n) is 10.9. The van der Waals surface area contributed by atoms with Crippen LogP contribution in [0.1, 0.15) is 26.7 Å². The number of hydrogen-bond donors (Lipinski definition) is 2. The number of benzene rings is 1. The summed E-state index contributed by atoms with van der Waals surface area (Å²) in [6.07, 6.45) is 1.53. The minimum Gasteiger partial charge on any atom is -0.489 e. The first-order chi connectivity index (χ1) is 8.40. The van der Waals surface area contributed by atoms with Crippen LogP contribution in [0.4, 0.5) is 5.69 Å². The zero-order chi connectivity index (χ0) is 13.3. The van der Waals surface area contributed by atoms with Gasteiger partial charge in [0.05, 0.1) is 16.7 Å². The van der Waals surface area contributed by atoms with Crippen molar-refractivity contribution in [1.29, 1.82) is 0 Å². The van der Waals surface area contributed by atoms with Gasteiger partial charge in [0.2, 0.25) is 5.91 Å². The van der Waals surface area contributed by atoms with Crippen LogP contribution in [-0.4, -0.2) is 17.6 Å². The van der Waals surface area contributed by atoms with Crippen molar-refractivity contribution < 1.29 is 9.53 Å². The molecule has 0 spiro atoms. The zero-order valence-corrected chi connectivity index (χ0v) is 12.5. The fourth-order valence-corrected chi connectivity index (χ4v) is 1.77. The number of carbonyl (C=O) groups excluding carboxylic acids is 1. The molecule has 4 nitrogen and oxygen atoms in total. The Morgan fingerprint density at radius 2 is 2.11 bits per heavy atom. The highest BCUT2D eigenvalue weighted by molar-refractivity contribution is 6.32. The largest absolute Gasteiger partial charge is 0.489 e. The summed E-state index contributed by atoms with van der Waals surface area (Å²) >= 11 is 6.08. The Kier molecular flexibility index (Phi) is 5.07. The normalized spacial score (nSPS) is 15.6. The van der Waals surface area contributed by atoms with E-state index in [-0.39, 0.29) is 24.4 Å². The summed E-state index contributed by atoms with van der Waals surface area (Å²) < 4.78 is 5.52. The lowest BCUT2D eigenvalue weighted by atomic mass is 10.2.